The van der Waals surface area contributed by atoms with Gasteiger partial charge in [-0.25, -0.2) is 0 Å². The van der Waals surface area contributed by atoms with Crippen molar-refractivity contribution in [1.82, 2.24) is 31.1 Å². The zero-order chi connectivity index (χ0) is 60.4. The second-order valence-corrected chi connectivity index (χ2v) is 23.1. The molecule has 0 spiro atoms. The molecule has 2 atom stereocenters. The van der Waals surface area contributed by atoms with Gasteiger partial charge in [-0.3, -0.25) is 38.4 Å². The summed E-state index contributed by atoms with van der Waals surface area (Å²) in [4.78, 5) is 113. The normalized spacial score (nSPS) is 15.0. The Balaban J connectivity index is 0.812. The average Bonchev–Trinajstić information content (AvgIpc) is 2.03. The van der Waals surface area contributed by atoms with Crippen molar-refractivity contribution >= 4 is 70.6 Å². The zero-order valence-corrected chi connectivity index (χ0v) is 49.7. The van der Waals surface area contributed by atoms with Crippen molar-refractivity contribution < 1.29 is 47.8 Å². The molecule has 2 heterocycles. The van der Waals surface area contributed by atoms with E-state index >= 15 is 0 Å². The number of ether oxygens (including phenoxy) is 2. The maximum atomic E-state index is 14.5. The van der Waals surface area contributed by atoms with Crippen LogP contribution >= 0.6 is 23.2 Å². The summed E-state index contributed by atoms with van der Waals surface area (Å²) in [6, 6.07) is 40.4. The first-order chi connectivity index (χ1) is 41.7. The van der Waals surface area contributed by atoms with Crippen molar-refractivity contribution in [3.63, 3.8) is 0 Å². The number of hydrogen-bond donors (Lipinski definition) is 4. The summed E-state index contributed by atoms with van der Waals surface area (Å²) in [5, 5.41) is 13.0. The first-order valence-electron chi connectivity index (χ1n) is 29.6. The van der Waals surface area contributed by atoms with Crippen LogP contribution in [0.15, 0.2) is 133 Å². The summed E-state index contributed by atoms with van der Waals surface area (Å²) in [6.45, 7) is 2.42. The molecule has 0 unspecified atom stereocenters. The van der Waals surface area contributed by atoms with Gasteiger partial charge in [0.2, 0.25) is 11.8 Å². The van der Waals surface area contributed by atoms with Gasteiger partial charge in [-0.05, 0) is 151 Å². The molecule has 4 N–H and O–H groups in total. The van der Waals surface area contributed by atoms with E-state index in [0.717, 1.165) is 44.5 Å². The van der Waals surface area contributed by atoms with E-state index in [0.29, 0.717) is 87.3 Å². The fraction of sp³-hybridized carbons (Fsp3) is 0.353. The van der Waals surface area contributed by atoms with Crippen LogP contribution in [0.5, 0.6) is 0 Å². The van der Waals surface area contributed by atoms with Crippen LogP contribution in [0.3, 0.4) is 0 Å². The Morgan fingerprint density at radius 1 is 0.419 bits per heavy atom. The van der Waals surface area contributed by atoms with Gasteiger partial charge in [-0.1, -0.05) is 115 Å². The van der Waals surface area contributed by atoms with E-state index in [2.05, 4.69) is 21.3 Å². The molecule has 6 aromatic rings. The highest BCUT2D eigenvalue weighted by atomic mass is 35.5. The van der Waals surface area contributed by atoms with E-state index in [1.807, 2.05) is 84.9 Å². The molecule has 2 aliphatic heterocycles. The molecular weight excluding hydrogens is 1130 g/mol. The van der Waals surface area contributed by atoms with Gasteiger partial charge >= 0.3 is 11.9 Å². The van der Waals surface area contributed by atoms with E-state index in [4.69, 9.17) is 32.7 Å². The number of carbonyl (C=O) groups excluding carboxylic acids is 8. The van der Waals surface area contributed by atoms with Crippen molar-refractivity contribution in [2.24, 2.45) is 11.8 Å². The van der Waals surface area contributed by atoms with Crippen LogP contribution in [0, 0.1) is 11.8 Å². The number of rotatable bonds is 26. The summed E-state index contributed by atoms with van der Waals surface area (Å²) in [6.07, 6.45) is 5.64. The summed E-state index contributed by atoms with van der Waals surface area (Å²) in [5.74, 6) is -3.49. The van der Waals surface area contributed by atoms with Crippen LogP contribution in [-0.4, -0.2) is 83.4 Å². The van der Waals surface area contributed by atoms with Gasteiger partial charge in [0.15, 0.2) is 0 Å². The standard InChI is InChI=1S/C68H72Cl2N6O10/c69-55-24-20-45(21-25-55)28-32-73-65(81)59-37-53-41-75(39-51(53)35-57(59)63(79)71-30-9-7-18-61(77)85-43-47-12-3-1-4-13-47)67(83)49-16-11-17-50(34-49)68(84)76-40-52-36-58(64(80)72-31-10-8-19-62(78)86-44-48-14-5-2-6-15-48)60(38-54(52)42-76)66(82)74-33-29-46-22-26-56(70)27-23-46/h1-6,12-15,20-27,35-38,49-50H,7-11,16-19,28-34,39-44H2,(H,71,79)(H,72,80)(H,73,81)(H,74,82)/t49-,50+. The molecule has 1 fully saturated rings. The minimum Gasteiger partial charge on any atom is -0.461 e. The number of nitrogens with zero attached hydrogens (tertiary/aromatic N) is 2. The molecule has 0 saturated heterocycles. The molecule has 86 heavy (non-hydrogen) atoms. The maximum absolute atomic E-state index is 14.5. The van der Waals surface area contributed by atoms with Gasteiger partial charge < -0.3 is 40.5 Å². The Hall–Kier alpha value is -8.34. The quantitative estimate of drug-likeness (QED) is 0.0298. The van der Waals surface area contributed by atoms with E-state index in [9.17, 15) is 38.4 Å². The van der Waals surface area contributed by atoms with Gasteiger partial charge in [-0.15, -0.1) is 0 Å². The number of esters is 2. The molecule has 0 bridgehead atoms. The smallest absolute Gasteiger partial charge is 0.306 e. The van der Waals surface area contributed by atoms with Gasteiger partial charge in [0.25, 0.3) is 23.6 Å². The van der Waals surface area contributed by atoms with Crippen LogP contribution < -0.4 is 21.3 Å². The Morgan fingerprint density at radius 2 is 0.756 bits per heavy atom. The number of amides is 6. The number of nitrogens with one attached hydrogen (secondary N) is 4. The highest BCUT2D eigenvalue weighted by Crippen LogP contribution is 2.37. The van der Waals surface area contributed by atoms with Gasteiger partial charge in [0.1, 0.15) is 13.2 Å². The Bertz CT molecular complexity index is 3180. The maximum Gasteiger partial charge on any atom is 0.306 e. The molecule has 0 radical (unpaired) electrons. The van der Waals surface area contributed by atoms with Gasteiger partial charge in [0.05, 0.1) is 22.3 Å². The first kappa shape index (κ1) is 62.2. The fourth-order valence-corrected chi connectivity index (χ4v) is 11.5. The lowest BCUT2D eigenvalue weighted by Crippen LogP contribution is -2.39. The number of unbranched alkanes of at least 4 members (excludes halogenated alkanes) is 2. The van der Waals surface area contributed by atoms with Crippen molar-refractivity contribution in [3.05, 3.63) is 210 Å². The van der Waals surface area contributed by atoms with Crippen LogP contribution in [0.2, 0.25) is 10.0 Å². The number of carbonyl (C=O) groups is 8. The van der Waals surface area contributed by atoms with E-state index in [-0.39, 0.29) is 111 Å². The molecule has 16 nitrogen and oxygen atoms in total. The lowest BCUT2D eigenvalue weighted by Gasteiger charge is -2.32. The molecule has 1 aliphatic carbocycles. The summed E-state index contributed by atoms with van der Waals surface area (Å²) < 4.78 is 10.8. The third-order valence-corrected chi connectivity index (χ3v) is 16.5. The highest BCUT2D eigenvalue weighted by molar-refractivity contribution is 6.30. The Morgan fingerprint density at radius 3 is 1.10 bits per heavy atom. The molecule has 448 valence electrons. The summed E-state index contributed by atoms with van der Waals surface area (Å²) >= 11 is 12.2. The van der Waals surface area contributed by atoms with Crippen molar-refractivity contribution in [2.75, 3.05) is 26.2 Å². The Kier molecular flexibility index (Phi) is 22.2. The number of fused-ring (bicyclic) bond motifs is 2. The third kappa shape index (κ3) is 17.4. The lowest BCUT2D eigenvalue weighted by molar-refractivity contribution is -0.146. The van der Waals surface area contributed by atoms with Crippen molar-refractivity contribution in [2.45, 2.75) is 116 Å². The second-order valence-electron chi connectivity index (χ2n) is 22.3. The molecule has 6 aromatic carbocycles. The highest BCUT2D eigenvalue weighted by Gasteiger charge is 2.39. The second kappa shape index (κ2) is 30.6. The SMILES string of the molecule is O=C(CCCCNC(=O)c1cc2c(cc1C(=O)NCCc1ccc(Cl)cc1)CN(C(=O)[C@@H]1CCC[C@H](C(=O)N3Cc4cc(C(=O)NCCCCC(=O)OCc5ccccc5)c(C(=O)NCCc5ccc(Cl)cc5)cc4C3)C1)C2)OCc1ccccc1. The molecule has 0 aromatic heterocycles. The molecule has 6 amide bonds. The largest absolute Gasteiger partial charge is 0.461 e. The topological polar surface area (TPSA) is 210 Å². The minimum absolute atomic E-state index is 0.101. The van der Waals surface area contributed by atoms with Gasteiger partial charge in [0, 0.05) is 87.1 Å². The van der Waals surface area contributed by atoms with Crippen molar-refractivity contribution in [3.8, 4) is 0 Å². The fourth-order valence-electron chi connectivity index (χ4n) is 11.3. The van der Waals surface area contributed by atoms with E-state index < -0.39 is 35.5 Å². The molecule has 3 aliphatic rings. The van der Waals surface area contributed by atoms with Crippen molar-refractivity contribution in [1.29, 1.82) is 0 Å². The summed E-state index contributed by atoms with van der Waals surface area (Å²) in [5.41, 5.74) is 7.49. The third-order valence-electron chi connectivity index (χ3n) is 16.0. The number of hydrogen-bond acceptors (Lipinski definition) is 10. The number of halogens is 2. The number of benzene rings is 6. The lowest BCUT2D eigenvalue weighted by atomic mass is 9.80. The predicted molar refractivity (Wildman–Crippen MR) is 327 cm³/mol. The monoisotopic (exact) mass is 1200 g/mol. The van der Waals surface area contributed by atoms with Crippen LogP contribution in [0.25, 0.3) is 0 Å². The Labute approximate surface area is 511 Å². The molecule has 1 saturated carbocycles. The molecule has 9 rings (SSSR count). The van der Waals surface area contributed by atoms with E-state index in [1.165, 1.54) is 0 Å². The predicted octanol–water partition coefficient (Wildman–Crippen LogP) is 10.4. The van der Waals surface area contributed by atoms with Crippen LogP contribution in [0.4, 0.5) is 0 Å². The zero-order valence-electron chi connectivity index (χ0n) is 48.1. The van der Waals surface area contributed by atoms with Gasteiger partial charge in [-0.2, -0.15) is 0 Å². The average molecular weight is 1200 g/mol. The molecular formula is C68H72Cl2N6O10. The minimum atomic E-state index is -0.448. The van der Waals surface area contributed by atoms with Crippen LogP contribution in [-0.2, 0) is 80.9 Å². The van der Waals surface area contributed by atoms with E-state index in [1.54, 1.807) is 58.3 Å². The first-order valence-corrected chi connectivity index (χ1v) is 30.4. The molecule has 18 heteroatoms. The summed E-state index contributed by atoms with van der Waals surface area (Å²) in [7, 11) is 0. The van der Waals surface area contributed by atoms with Crippen LogP contribution in [0.1, 0.15) is 150 Å².